The number of imidazole rings is 1. The Kier molecular flexibility index (Phi) is 4.57. The van der Waals surface area contributed by atoms with Gasteiger partial charge in [0.05, 0.1) is 21.7 Å². The number of likely N-dealkylation sites (N-methyl/N-ethyl adjacent to an activating group) is 1. The lowest BCUT2D eigenvalue weighted by atomic mass is 10.3. The zero-order valence-corrected chi connectivity index (χ0v) is 17.2. The highest BCUT2D eigenvalue weighted by atomic mass is 32.2. The van der Waals surface area contributed by atoms with Crippen LogP contribution in [0.25, 0.3) is 22.3 Å². The highest BCUT2D eigenvalue weighted by molar-refractivity contribution is 8.18. The van der Waals surface area contributed by atoms with Crippen LogP contribution >= 0.6 is 23.1 Å². The molecule has 2 fully saturated rings. The van der Waals surface area contributed by atoms with Crippen LogP contribution in [-0.2, 0) is 4.79 Å². The van der Waals surface area contributed by atoms with E-state index in [0.717, 1.165) is 53.6 Å². The van der Waals surface area contributed by atoms with Gasteiger partial charge in [-0.15, -0.1) is 0 Å². The highest BCUT2D eigenvalue weighted by Gasteiger charge is 2.25. The number of anilines is 1. The van der Waals surface area contributed by atoms with Crippen LogP contribution < -0.4 is 10.2 Å². The number of thioether (sulfide) groups is 1. The molecule has 148 valence electrons. The standard InChI is InChI=1S/C18H17N7O2S2/c1-23-4-6-24(7-5-23)17-20-10-14(28-17)12-9-19-15-3-2-11(22-25(12)15)8-13-16(26)21-18(27)29-13/h2-3,8-10H,4-7H2,1H3,(H,21,26,27). The number of imide groups is 1. The summed E-state index contributed by atoms with van der Waals surface area (Å²) in [4.78, 5) is 38.1. The van der Waals surface area contributed by atoms with Crippen LogP contribution in [0.3, 0.4) is 0 Å². The van der Waals surface area contributed by atoms with Crippen LogP contribution in [0, 0.1) is 0 Å². The van der Waals surface area contributed by atoms with Crippen molar-refractivity contribution >= 4 is 51.1 Å². The summed E-state index contributed by atoms with van der Waals surface area (Å²) in [6, 6.07) is 3.61. The number of piperazine rings is 1. The van der Waals surface area contributed by atoms with Gasteiger partial charge in [-0.25, -0.2) is 14.5 Å². The molecular weight excluding hydrogens is 410 g/mol. The predicted molar refractivity (Wildman–Crippen MR) is 113 cm³/mol. The lowest BCUT2D eigenvalue weighted by molar-refractivity contribution is -0.115. The van der Waals surface area contributed by atoms with E-state index in [9.17, 15) is 9.59 Å². The maximum Gasteiger partial charge on any atom is 0.290 e. The Morgan fingerprint density at radius 3 is 2.69 bits per heavy atom. The van der Waals surface area contributed by atoms with Crippen LogP contribution in [-0.4, -0.2) is 68.9 Å². The molecule has 29 heavy (non-hydrogen) atoms. The molecule has 11 heteroatoms. The van der Waals surface area contributed by atoms with Gasteiger partial charge in [0, 0.05) is 32.4 Å². The molecule has 0 atom stereocenters. The quantitative estimate of drug-likeness (QED) is 0.634. The predicted octanol–water partition coefficient (Wildman–Crippen LogP) is 1.93. The monoisotopic (exact) mass is 427 g/mol. The van der Waals surface area contributed by atoms with Gasteiger partial charge in [-0.3, -0.25) is 14.9 Å². The number of hydrogen-bond acceptors (Lipinski definition) is 9. The van der Waals surface area contributed by atoms with E-state index in [4.69, 9.17) is 0 Å². The second-order valence-electron chi connectivity index (χ2n) is 6.82. The van der Waals surface area contributed by atoms with Crippen LogP contribution in [0.1, 0.15) is 5.69 Å². The van der Waals surface area contributed by atoms with Crippen molar-refractivity contribution in [2.45, 2.75) is 0 Å². The van der Waals surface area contributed by atoms with Crippen molar-refractivity contribution in [3.05, 3.63) is 35.1 Å². The first kappa shape index (κ1) is 18.3. The van der Waals surface area contributed by atoms with Crippen molar-refractivity contribution in [3.63, 3.8) is 0 Å². The Morgan fingerprint density at radius 2 is 1.93 bits per heavy atom. The molecule has 1 N–H and O–H groups in total. The minimum absolute atomic E-state index is 0.332. The average molecular weight is 428 g/mol. The van der Waals surface area contributed by atoms with E-state index < -0.39 is 5.91 Å². The number of rotatable bonds is 3. The Morgan fingerprint density at radius 1 is 1.10 bits per heavy atom. The maximum atomic E-state index is 11.8. The first-order chi connectivity index (χ1) is 14.1. The molecule has 5 heterocycles. The molecule has 9 nitrogen and oxygen atoms in total. The molecule has 0 bridgehead atoms. The lowest BCUT2D eigenvalue weighted by Gasteiger charge is -2.32. The number of thiazole rings is 1. The van der Waals surface area contributed by atoms with Gasteiger partial charge >= 0.3 is 0 Å². The van der Waals surface area contributed by atoms with Gasteiger partial charge in [0.25, 0.3) is 11.1 Å². The fourth-order valence-electron chi connectivity index (χ4n) is 3.22. The molecule has 0 saturated carbocycles. The molecule has 0 radical (unpaired) electrons. The summed E-state index contributed by atoms with van der Waals surface area (Å²) in [7, 11) is 2.13. The van der Waals surface area contributed by atoms with E-state index in [-0.39, 0.29) is 5.24 Å². The van der Waals surface area contributed by atoms with Crippen molar-refractivity contribution in [2.75, 3.05) is 38.1 Å². The van der Waals surface area contributed by atoms with Gasteiger partial charge in [0.2, 0.25) is 0 Å². The molecule has 2 saturated heterocycles. The van der Waals surface area contributed by atoms with Gasteiger partial charge in [-0.05, 0) is 37.0 Å². The molecule has 5 rings (SSSR count). The highest BCUT2D eigenvalue weighted by Crippen LogP contribution is 2.32. The van der Waals surface area contributed by atoms with Crippen LogP contribution in [0.5, 0.6) is 0 Å². The number of fused-ring (bicyclic) bond motifs is 1. The topological polar surface area (TPSA) is 95.7 Å². The molecule has 3 aromatic rings. The Bertz CT molecular complexity index is 1140. The van der Waals surface area contributed by atoms with Crippen molar-refractivity contribution in [1.29, 1.82) is 0 Å². The minimum atomic E-state index is -0.396. The van der Waals surface area contributed by atoms with Crippen LogP contribution in [0.4, 0.5) is 9.93 Å². The number of hydrogen-bond donors (Lipinski definition) is 1. The zero-order chi connectivity index (χ0) is 20.0. The molecule has 2 aliphatic heterocycles. The number of amides is 2. The summed E-state index contributed by atoms with van der Waals surface area (Å²) < 4.78 is 1.74. The third-order valence-corrected chi connectivity index (χ3v) is 6.71. The normalized spacial score (nSPS) is 19.5. The van der Waals surface area contributed by atoms with E-state index in [1.807, 2.05) is 12.3 Å². The van der Waals surface area contributed by atoms with E-state index in [1.54, 1.807) is 34.2 Å². The molecule has 0 aromatic carbocycles. The van der Waals surface area contributed by atoms with Crippen molar-refractivity contribution in [1.82, 2.24) is 29.8 Å². The molecule has 2 aliphatic rings. The molecule has 2 amide bonds. The van der Waals surface area contributed by atoms with E-state index >= 15 is 0 Å². The van der Waals surface area contributed by atoms with Gasteiger partial charge in [0.15, 0.2) is 10.8 Å². The summed E-state index contributed by atoms with van der Waals surface area (Å²) in [6.45, 7) is 3.98. The largest absolute Gasteiger partial charge is 0.346 e. The van der Waals surface area contributed by atoms with Crippen molar-refractivity contribution in [3.8, 4) is 10.6 Å². The third-order valence-electron chi connectivity index (χ3n) is 4.82. The van der Waals surface area contributed by atoms with Crippen LogP contribution in [0.2, 0.25) is 0 Å². The van der Waals surface area contributed by atoms with Gasteiger partial charge in [0.1, 0.15) is 5.69 Å². The molecular formula is C18H17N7O2S2. The second kappa shape index (κ2) is 7.25. The van der Waals surface area contributed by atoms with E-state index in [1.165, 1.54) is 0 Å². The zero-order valence-electron chi connectivity index (χ0n) is 15.5. The molecule has 0 unspecified atom stereocenters. The van der Waals surface area contributed by atoms with Gasteiger partial charge in [-0.2, -0.15) is 5.10 Å². The fourth-order valence-corrected chi connectivity index (χ4v) is 4.84. The number of nitrogens with one attached hydrogen (secondary N) is 1. The number of aromatic nitrogens is 4. The molecule has 0 spiro atoms. The first-order valence-electron chi connectivity index (χ1n) is 9.06. The van der Waals surface area contributed by atoms with Gasteiger partial charge < -0.3 is 9.80 Å². The Labute approximate surface area is 174 Å². The second-order valence-corrected chi connectivity index (χ2v) is 8.85. The SMILES string of the molecule is CN1CCN(c2ncc(-c3cnc4ccc(C=C5SC(=O)NC5=O)nn34)s2)CC1. The van der Waals surface area contributed by atoms with Gasteiger partial charge in [-0.1, -0.05) is 11.3 Å². The lowest BCUT2D eigenvalue weighted by Crippen LogP contribution is -2.44. The smallest absolute Gasteiger partial charge is 0.290 e. The summed E-state index contributed by atoms with van der Waals surface area (Å²) in [5.74, 6) is -0.396. The summed E-state index contributed by atoms with van der Waals surface area (Å²) in [6.07, 6.45) is 5.24. The Hall–Kier alpha value is -2.76. The molecule has 0 aliphatic carbocycles. The minimum Gasteiger partial charge on any atom is -0.346 e. The van der Waals surface area contributed by atoms with Crippen molar-refractivity contribution < 1.29 is 9.59 Å². The number of nitrogens with zero attached hydrogens (tertiary/aromatic N) is 6. The number of carbonyl (C=O) groups is 2. The summed E-state index contributed by atoms with van der Waals surface area (Å²) in [5.41, 5.74) is 2.13. The first-order valence-corrected chi connectivity index (χ1v) is 10.7. The van der Waals surface area contributed by atoms with Crippen molar-refractivity contribution in [2.24, 2.45) is 0 Å². The third kappa shape index (κ3) is 3.52. The van der Waals surface area contributed by atoms with E-state index in [0.29, 0.717) is 16.2 Å². The van der Waals surface area contributed by atoms with E-state index in [2.05, 4.69) is 37.2 Å². The number of carbonyl (C=O) groups excluding carboxylic acids is 2. The Balaban J connectivity index is 1.46. The average Bonchev–Trinajstić information content (AvgIpc) is 3.41. The fraction of sp³-hybridized carbons (Fsp3) is 0.278. The maximum absolute atomic E-state index is 11.8. The summed E-state index contributed by atoms with van der Waals surface area (Å²) in [5, 5.41) is 7.48. The molecule has 3 aromatic heterocycles. The summed E-state index contributed by atoms with van der Waals surface area (Å²) >= 11 is 2.50. The van der Waals surface area contributed by atoms with Crippen LogP contribution in [0.15, 0.2) is 29.4 Å².